The van der Waals surface area contributed by atoms with Gasteiger partial charge in [-0.2, -0.15) is 0 Å². The van der Waals surface area contributed by atoms with Gasteiger partial charge in [-0.1, -0.05) is 33.1 Å². The molecule has 1 fully saturated rings. The molecular formula is C14H26O2. The van der Waals surface area contributed by atoms with E-state index in [9.17, 15) is 9.90 Å². The lowest BCUT2D eigenvalue weighted by molar-refractivity contribution is -0.126. The van der Waals surface area contributed by atoms with Gasteiger partial charge >= 0.3 is 0 Å². The van der Waals surface area contributed by atoms with Gasteiger partial charge in [0.2, 0.25) is 0 Å². The van der Waals surface area contributed by atoms with Crippen molar-refractivity contribution in [1.82, 2.24) is 0 Å². The molecule has 2 nitrogen and oxygen atoms in total. The van der Waals surface area contributed by atoms with Crippen molar-refractivity contribution in [1.29, 1.82) is 0 Å². The zero-order valence-electron chi connectivity index (χ0n) is 10.7. The van der Waals surface area contributed by atoms with E-state index in [4.69, 9.17) is 0 Å². The monoisotopic (exact) mass is 226 g/mol. The van der Waals surface area contributed by atoms with Crippen LogP contribution in [-0.2, 0) is 4.79 Å². The number of carbonyl (C=O) groups is 1. The van der Waals surface area contributed by atoms with Gasteiger partial charge in [0.05, 0.1) is 0 Å². The Balaban J connectivity index is 2.46. The second-order valence-corrected chi connectivity index (χ2v) is 5.52. The van der Waals surface area contributed by atoms with Gasteiger partial charge in [-0.25, -0.2) is 0 Å². The first-order valence-electron chi connectivity index (χ1n) is 6.79. The third-order valence-electron chi connectivity index (χ3n) is 3.81. The van der Waals surface area contributed by atoms with Crippen molar-refractivity contribution in [2.45, 2.75) is 58.8 Å². The SMILES string of the molecule is CC(C)C(=O)C1CCCCC(CO)CCC1. The van der Waals surface area contributed by atoms with Crippen molar-refractivity contribution in [2.75, 3.05) is 6.61 Å². The van der Waals surface area contributed by atoms with Gasteiger partial charge in [-0.15, -0.1) is 0 Å². The summed E-state index contributed by atoms with van der Waals surface area (Å²) >= 11 is 0. The predicted molar refractivity (Wildman–Crippen MR) is 66.2 cm³/mol. The number of rotatable bonds is 3. The molecular weight excluding hydrogens is 200 g/mol. The second-order valence-electron chi connectivity index (χ2n) is 5.52. The molecule has 16 heavy (non-hydrogen) atoms. The van der Waals surface area contributed by atoms with E-state index in [-0.39, 0.29) is 11.8 Å². The Hall–Kier alpha value is -0.370. The maximum atomic E-state index is 12.0. The summed E-state index contributed by atoms with van der Waals surface area (Å²) in [6, 6.07) is 0. The Morgan fingerprint density at radius 2 is 1.69 bits per heavy atom. The lowest BCUT2D eigenvalue weighted by atomic mass is 9.87. The average molecular weight is 226 g/mol. The molecule has 1 aliphatic carbocycles. The molecule has 0 spiro atoms. The molecule has 94 valence electrons. The summed E-state index contributed by atoms with van der Waals surface area (Å²) in [7, 11) is 0. The summed E-state index contributed by atoms with van der Waals surface area (Å²) in [5, 5.41) is 9.20. The van der Waals surface area contributed by atoms with Gasteiger partial charge in [0.1, 0.15) is 5.78 Å². The fraction of sp³-hybridized carbons (Fsp3) is 0.929. The summed E-state index contributed by atoms with van der Waals surface area (Å²) in [4.78, 5) is 12.0. The van der Waals surface area contributed by atoms with Crippen molar-refractivity contribution in [3.05, 3.63) is 0 Å². The fourth-order valence-corrected chi connectivity index (χ4v) is 2.70. The molecule has 1 saturated carbocycles. The van der Waals surface area contributed by atoms with E-state index < -0.39 is 0 Å². The van der Waals surface area contributed by atoms with Crippen LogP contribution in [0.5, 0.6) is 0 Å². The quantitative estimate of drug-likeness (QED) is 0.802. The van der Waals surface area contributed by atoms with Crippen molar-refractivity contribution in [3.63, 3.8) is 0 Å². The normalized spacial score (nSPS) is 28.2. The van der Waals surface area contributed by atoms with Crippen LogP contribution >= 0.6 is 0 Å². The second kappa shape index (κ2) is 7.05. The molecule has 0 amide bonds. The highest BCUT2D eigenvalue weighted by molar-refractivity contribution is 5.82. The van der Waals surface area contributed by atoms with Crippen LogP contribution in [0.4, 0.5) is 0 Å². The van der Waals surface area contributed by atoms with E-state index in [0.717, 1.165) is 38.5 Å². The van der Waals surface area contributed by atoms with Crippen molar-refractivity contribution in [2.24, 2.45) is 17.8 Å². The summed E-state index contributed by atoms with van der Waals surface area (Å²) in [5.74, 6) is 1.40. The minimum atomic E-state index is 0.180. The van der Waals surface area contributed by atoms with Crippen LogP contribution in [0.15, 0.2) is 0 Å². The Bertz CT molecular complexity index is 211. The summed E-state index contributed by atoms with van der Waals surface area (Å²) in [6.07, 6.45) is 7.77. The van der Waals surface area contributed by atoms with Crippen LogP contribution < -0.4 is 0 Å². The molecule has 0 saturated heterocycles. The Kier molecular flexibility index (Phi) is 6.04. The van der Waals surface area contributed by atoms with Crippen LogP contribution in [0.3, 0.4) is 0 Å². The van der Waals surface area contributed by atoms with Gasteiger partial charge in [0.15, 0.2) is 0 Å². The van der Waals surface area contributed by atoms with E-state index >= 15 is 0 Å². The first-order chi connectivity index (χ1) is 7.65. The van der Waals surface area contributed by atoms with Crippen molar-refractivity contribution < 1.29 is 9.90 Å². The number of ketones is 1. The largest absolute Gasteiger partial charge is 0.396 e. The highest BCUT2D eigenvalue weighted by atomic mass is 16.3. The fourth-order valence-electron chi connectivity index (χ4n) is 2.70. The molecule has 0 heterocycles. The summed E-state index contributed by atoms with van der Waals surface area (Å²) in [5.41, 5.74) is 0. The topological polar surface area (TPSA) is 37.3 Å². The highest BCUT2D eigenvalue weighted by Crippen LogP contribution is 2.27. The van der Waals surface area contributed by atoms with E-state index in [1.807, 2.05) is 13.8 Å². The first-order valence-corrected chi connectivity index (χ1v) is 6.79. The summed E-state index contributed by atoms with van der Waals surface area (Å²) < 4.78 is 0. The third kappa shape index (κ3) is 4.25. The molecule has 0 aliphatic heterocycles. The third-order valence-corrected chi connectivity index (χ3v) is 3.81. The molecule has 0 aromatic carbocycles. The average Bonchev–Trinajstić information content (AvgIpc) is 2.38. The Morgan fingerprint density at radius 3 is 2.31 bits per heavy atom. The standard InChI is InChI=1S/C14H26O2/c1-11(2)14(16)13-8-4-3-6-12(10-15)7-5-9-13/h11-13,15H,3-10H2,1-2H3. The minimum Gasteiger partial charge on any atom is -0.396 e. The molecule has 1 aliphatic rings. The number of aliphatic hydroxyl groups is 1. The smallest absolute Gasteiger partial charge is 0.138 e. The maximum absolute atomic E-state index is 12.0. The van der Waals surface area contributed by atoms with Gasteiger partial charge in [0.25, 0.3) is 0 Å². The molecule has 0 radical (unpaired) electrons. The van der Waals surface area contributed by atoms with Crippen LogP contribution in [0, 0.1) is 17.8 Å². The highest BCUT2D eigenvalue weighted by Gasteiger charge is 2.22. The Labute approximate surface area is 99.4 Å². The molecule has 2 atom stereocenters. The lowest BCUT2D eigenvalue weighted by Gasteiger charge is -2.16. The number of hydrogen-bond acceptors (Lipinski definition) is 2. The molecule has 0 aromatic heterocycles. The minimum absolute atomic E-state index is 0.180. The van der Waals surface area contributed by atoms with Crippen LogP contribution in [0.25, 0.3) is 0 Å². The number of hydrogen-bond donors (Lipinski definition) is 1. The van der Waals surface area contributed by atoms with E-state index in [2.05, 4.69) is 0 Å². The van der Waals surface area contributed by atoms with E-state index in [1.165, 1.54) is 6.42 Å². The van der Waals surface area contributed by atoms with Crippen LogP contribution in [0.2, 0.25) is 0 Å². The van der Waals surface area contributed by atoms with E-state index in [1.54, 1.807) is 0 Å². The zero-order chi connectivity index (χ0) is 12.0. The lowest BCUT2D eigenvalue weighted by Crippen LogP contribution is -2.19. The van der Waals surface area contributed by atoms with Gasteiger partial charge in [0, 0.05) is 18.4 Å². The van der Waals surface area contributed by atoms with Gasteiger partial charge < -0.3 is 5.11 Å². The van der Waals surface area contributed by atoms with Crippen LogP contribution in [-0.4, -0.2) is 17.5 Å². The number of aliphatic hydroxyl groups excluding tert-OH is 1. The number of carbonyl (C=O) groups excluding carboxylic acids is 1. The van der Waals surface area contributed by atoms with Gasteiger partial charge in [-0.05, 0) is 31.6 Å². The number of Topliss-reactive ketones (excluding diaryl/α,β-unsaturated/α-hetero) is 1. The van der Waals surface area contributed by atoms with Crippen molar-refractivity contribution in [3.8, 4) is 0 Å². The van der Waals surface area contributed by atoms with Gasteiger partial charge in [-0.3, -0.25) is 4.79 Å². The molecule has 1 N–H and O–H groups in total. The molecule has 0 bridgehead atoms. The molecule has 2 unspecified atom stereocenters. The first kappa shape index (κ1) is 13.7. The predicted octanol–water partition coefficient (Wildman–Crippen LogP) is 3.18. The molecule has 2 heteroatoms. The van der Waals surface area contributed by atoms with E-state index in [0.29, 0.717) is 18.3 Å². The summed E-state index contributed by atoms with van der Waals surface area (Å²) in [6.45, 7) is 4.33. The van der Waals surface area contributed by atoms with Crippen LogP contribution in [0.1, 0.15) is 58.8 Å². The van der Waals surface area contributed by atoms with Crippen molar-refractivity contribution >= 4 is 5.78 Å². The molecule has 1 rings (SSSR count). The zero-order valence-corrected chi connectivity index (χ0v) is 10.7. The molecule has 0 aromatic rings. The maximum Gasteiger partial charge on any atom is 0.138 e. The Morgan fingerprint density at radius 1 is 1.12 bits per heavy atom.